The van der Waals surface area contributed by atoms with Crippen molar-refractivity contribution in [2.45, 2.75) is 13.8 Å². The van der Waals surface area contributed by atoms with Crippen LogP contribution in [0.4, 0.5) is 0 Å². The molecule has 3 rings (SSSR count). The first-order valence-electron chi connectivity index (χ1n) is 5.54. The maximum absolute atomic E-state index is 2.26. The minimum Gasteiger partial charge on any atom is -0.306 e. The monoisotopic (exact) mass is 211 g/mol. The Bertz CT molecular complexity index is 693. The molecule has 0 aliphatic rings. The summed E-state index contributed by atoms with van der Waals surface area (Å²) in [5, 5.41) is 0. The lowest BCUT2D eigenvalue weighted by atomic mass is 10.2. The molecule has 0 unspecified atom stereocenters. The van der Waals surface area contributed by atoms with Gasteiger partial charge in [-0.15, -0.1) is 0 Å². The Hall–Kier alpha value is -1.83. The van der Waals surface area contributed by atoms with Gasteiger partial charge in [0.05, 0.1) is 0 Å². The summed E-state index contributed by atoms with van der Waals surface area (Å²) in [6.07, 6.45) is 2.12. The average molecular weight is 211 g/mol. The van der Waals surface area contributed by atoms with Gasteiger partial charge in [0, 0.05) is 19.2 Å². The summed E-state index contributed by atoms with van der Waals surface area (Å²) in [6, 6.07) is 10.9. The molecule has 0 aliphatic heterocycles. The normalized spacial score (nSPS) is 11.4. The van der Waals surface area contributed by atoms with E-state index in [4.69, 9.17) is 0 Å². The van der Waals surface area contributed by atoms with Gasteiger partial charge in [-0.1, -0.05) is 6.07 Å². The molecule has 0 N–H and O–H groups in total. The molecule has 0 saturated heterocycles. The molecule has 2 aromatic heterocycles. The van der Waals surface area contributed by atoms with Crippen LogP contribution in [0.15, 0.2) is 36.5 Å². The van der Waals surface area contributed by atoms with Crippen molar-refractivity contribution in [1.29, 1.82) is 0 Å². The van der Waals surface area contributed by atoms with E-state index >= 15 is 0 Å². The smallest absolute Gasteiger partial charge is 0.229 e. The van der Waals surface area contributed by atoms with E-state index in [1.165, 1.54) is 27.8 Å². The van der Waals surface area contributed by atoms with Gasteiger partial charge in [0.2, 0.25) is 11.2 Å². The third kappa shape index (κ3) is 1.10. The topological polar surface area (TPSA) is 8.29 Å². The molecule has 0 spiro atoms. The van der Waals surface area contributed by atoms with Crippen molar-refractivity contribution in [2.24, 2.45) is 7.05 Å². The molecule has 2 heteroatoms. The van der Waals surface area contributed by atoms with Crippen LogP contribution in [-0.2, 0) is 7.05 Å². The summed E-state index contributed by atoms with van der Waals surface area (Å²) in [5.41, 5.74) is 6.41. The quantitative estimate of drug-likeness (QED) is 0.505. The third-order valence-corrected chi connectivity index (χ3v) is 3.37. The van der Waals surface area contributed by atoms with Gasteiger partial charge in [0.25, 0.3) is 0 Å². The summed E-state index contributed by atoms with van der Waals surface area (Å²) in [5.74, 6) is 0. The van der Waals surface area contributed by atoms with Crippen LogP contribution < -0.4 is 4.57 Å². The second kappa shape index (κ2) is 3.08. The predicted octanol–water partition coefficient (Wildman–Crippen LogP) is 2.53. The largest absolute Gasteiger partial charge is 0.306 e. The highest BCUT2D eigenvalue weighted by Gasteiger charge is 2.14. The van der Waals surface area contributed by atoms with Gasteiger partial charge in [-0.3, -0.25) is 0 Å². The minimum atomic E-state index is 1.26. The van der Waals surface area contributed by atoms with Crippen molar-refractivity contribution in [2.75, 3.05) is 0 Å². The van der Waals surface area contributed by atoms with Gasteiger partial charge in [-0.25, -0.2) is 0 Å². The summed E-state index contributed by atoms with van der Waals surface area (Å²) in [7, 11) is 2.13. The molecule has 2 heterocycles. The van der Waals surface area contributed by atoms with Crippen LogP contribution in [0, 0.1) is 13.8 Å². The van der Waals surface area contributed by atoms with E-state index in [1.807, 2.05) is 0 Å². The molecule has 0 bridgehead atoms. The Morgan fingerprint density at radius 2 is 1.88 bits per heavy atom. The first-order valence-corrected chi connectivity index (χ1v) is 5.54. The van der Waals surface area contributed by atoms with Crippen LogP contribution in [0.1, 0.15) is 11.3 Å². The van der Waals surface area contributed by atoms with Gasteiger partial charge in [-0.05, 0) is 30.7 Å². The Kier molecular flexibility index (Phi) is 1.81. The van der Waals surface area contributed by atoms with Crippen LogP contribution in [0.5, 0.6) is 0 Å². The number of fused-ring (bicyclic) bond motifs is 3. The lowest BCUT2D eigenvalue weighted by molar-refractivity contribution is -0.650. The molecule has 2 nitrogen and oxygen atoms in total. The van der Waals surface area contributed by atoms with E-state index < -0.39 is 0 Å². The number of benzene rings is 1. The Balaban J connectivity index is 2.65. The molecule has 0 aliphatic carbocycles. The van der Waals surface area contributed by atoms with Crippen LogP contribution in [-0.4, -0.2) is 4.40 Å². The molecule has 3 aromatic rings. The van der Waals surface area contributed by atoms with Crippen molar-refractivity contribution in [3.05, 3.63) is 47.8 Å². The highest BCUT2D eigenvalue weighted by atomic mass is 15.0. The average Bonchev–Trinajstić information content (AvgIpc) is 2.75. The van der Waals surface area contributed by atoms with Gasteiger partial charge < -0.3 is 4.40 Å². The first-order chi connectivity index (χ1) is 7.68. The number of aromatic nitrogens is 2. The Morgan fingerprint density at radius 3 is 2.69 bits per heavy atom. The lowest BCUT2D eigenvalue weighted by Gasteiger charge is -2.05. The Labute approximate surface area is 94.8 Å². The summed E-state index contributed by atoms with van der Waals surface area (Å²) in [6.45, 7) is 4.30. The summed E-state index contributed by atoms with van der Waals surface area (Å²) < 4.78 is 4.52. The molecule has 1 aromatic carbocycles. The second-order valence-electron chi connectivity index (χ2n) is 4.40. The van der Waals surface area contributed by atoms with Crippen molar-refractivity contribution in [3.8, 4) is 0 Å². The molecule has 80 valence electrons. The van der Waals surface area contributed by atoms with Crippen molar-refractivity contribution in [3.63, 3.8) is 0 Å². The molecular weight excluding hydrogens is 196 g/mol. The van der Waals surface area contributed by atoms with Gasteiger partial charge in [-0.2, -0.15) is 4.57 Å². The van der Waals surface area contributed by atoms with Crippen molar-refractivity contribution >= 4 is 16.6 Å². The van der Waals surface area contributed by atoms with Crippen LogP contribution in [0.2, 0.25) is 0 Å². The molecular formula is C14H15N2+. The Morgan fingerprint density at radius 1 is 1.06 bits per heavy atom. The minimum absolute atomic E-state index is 1.26. The number of aryl methyl sites for hydroxylation is 3. The third-order valence-electron chi connectivity index (χ3n) is 3.37. The molecule has 16 heavy (non-hydrogen) atoms. The van der Waals surface area contributed by atoms with Gasteiger partial charge in [0.1, 0.15) is 18.1 Å². The van der Waals surface area contributed by atoms with E-state index in [0.29, 0.717) is 0 Å². The fourth-order valence-corrected chi connectivity index (χ4v) is 2.34. The standard InChI is InChI=1S/C14H15N2/c1-10-6-7-13-14(9-10)15(3)11(2)12-5-4-8-16(12)13/h4-9H,1-3H3/q+1. The molecule has 0 amide bonds. The first kappa shape index (κ1) is 9.40. The lowest BCUT2D eigenvalue weighted by Crippen LogP contribution is -2.34. The number of hydrogen-bond acceptors (Lipinski definition) is 0. The summed E-state index contributed by atoms with van der Waals surface area (Å²) in [4.78, 5) is 0. The number of nitrogens with zero attached hydrogens (tertiary/aromatic N) is 2. The van der Waals surface area contributed by atoms with Gasteiger partial charge >= 0.3 is 0 Å². The van der Waals surface area contributed by atoms with E-state index in [2.05, 4.69) is 66.4 Å². The fraction of sp³-hybridized carbons (Fsp3) is 0.214. The van der Waals surface area contributed by atoms with Gasteiger partial charge in [0.15, 0.2) is 0 Å². The molecule has 0 atom stereocenters. The van der Waals surface area contributed by atoms with Crippen molar-refractivity contribution < 1.29 is 4.57 Å². The van der Waals surface area contributed by atoms with Crippen LogP contribution in [0.25, 0.3) is 16.6 Å². The van der Waals surface area contributed by atoms with E-state index in [1.54, 1.807) is 0 Å². The summed E-state index contributed by atoms with van der Waals surface area (Å²) >= 11 is 0. The molecule has 0 fully saturated rings. The highest BCUT2D eigenvalue weighted by Crippen LogP contribution is 2.17. The van der Waals surface area contributed by atoms with Crippen LogP contribution in [0.3, 0.4) is 0 Å². The zero-order valence-corrected chi connectivity index (χ0v) is 9.86. The van der Waals surface area contributed by atoms with E-state index in [-0.39, 0.29) is 0 Å². The number of hydrogen-bond donors (Lipinski definition) is 0. The fourth-order valence-electron chi connectivity index (χ4n) is 2.34. The van der Waals surface area contributed by atoms with Crippen LogP contribution >= 0.6 is 0 Å². The number of rotatable bonds is 0. The predicted molar refractivity (Wildman–Crippen MR) is 65.6 cm³/mol. The maximum atomic E-state index is 2.26. The maximum Gasteiger partial charge on any atom is 0.229 e. The van der Waals surface area contributed by atoms with E-state index in [0.717, 1.165) is 0 Å². The van der Waals surface area contributed by atoms with Crippen molar-refractivity contribution in [1.82, 2.24) is 4.40 Å². The SMILES string of the molecule is Cc1ccc2c(c1)[n+](C)c(C)c1cccn12. The second-order valence-corrected chi connectivity index (χ2v) is 4.40. The zero-order valence-electron chi connectivity index (χ0n) is 9.86. The molecule has 0 radical (unpaired) electrons. The molecule has 0 saturated carbocycles. The van der Waals surface area contributed by atoms with E-state index in [9.17, 15) is 0 Å². The zero-order chi connectivity index (χ0) is 11.3. The highest BCUT2D eigenvalue weighted by molar-refractivity contribution is 5.76.